The Morgan fingerprint density at radius 1 is 1.44 bits per heavy atom. The van der Waals surface area contributed by atoms with Crippen molar-refractivity contribution in [2.24, 2.45) is 0 Å². The van der Waals surface area contributed by atoms with Gasteiger partial charge in [-0.25, -0.2) is 8.42 Å². The highest BCUT2D eigenvalue weighted by Gasteiger charge is 2.13. The molecule has 1 aromatic carbocycles. The molecular weight excluding hydrogens is 268 g/mol. The summed E-state index contributed by atoms with van der Waals surface area (Å²) in [6.07, 6.45) is 1.89. The van der Waals surface area contributed by atoms with E-state index >= 15 is 0 Å². The zero-order valence-electron chi connectivity index (χ0n) is 9.28. The third-order valence-corrected chi connectivity index (χ3v) is 3.93. The molecule has 90 valence electrons. The predicted octanol–water partition coefficient (Wildman–Crippen LogP) is 2.79. The van der Waals surface area contributed by atoms with Crippen molar-refractivity contribution in [2.45, 2.75) is 17.6 Å². The average Bonchev–Trinajstić information content (AvgIpc) is 2.18. The van der Waals surface area contributed by atoms with Crippen molar-refractivity contribution in [3.05, 3.63) is 23.3 Å². The van der Waals surface area contributed by atoms with Crippen molar-refractivity contribution in [2.75, 3.05) is 13.4 Å². The van der Waals surface area contributed by atoms with E-state index in [1.54, 1.807) is 13.2 Å². The third-order valence-electron chi connectivity index (χ3n) is 2.13. The van der Waals surface area contributed by atoms with E-state index < -0.39 is 9.05 Å². The number of hydrogen-bond acceptors (Lipinski definition) is 4. The van der Waals surface area contributed by atoms with E-state index in [1.165, 1.54) is 11.8 Å². The molecule has 0 aliphatic carbocycles. The van der Waals surface area contributed by atoms with Crippen LogP contribution in [0.25, 0.3) is 0 Å². The van der Waals surface area contributed by atoms with Crippen LogP contribution in [0.3, 0.4) is 0 Å². The topological polar surface area (TPSA) is 43.4 Å². The Balaban J connectivity index is 3.25. The van der Waals surface area contributed by atoms with Crippen LogP contribution in [-0.2, 0) is 14.8 Å². The Morgan fingerprint density at radius 3 is 2.50 bits per heavy atom. The SMILES string of the molecule is COc1cc(CS(=O)(=O)Cl)c(SC)cc1C. The molecule has 0 radical (unpaired) electrons. The first-order valence-electron chi connectivity index (χ1n) is 4.51. The number of aryl methyl sites for hydroxylation is 1. The van der Waals surface area contributed by atoms with Crippen LogP contribution >= 0.6 is 22.4 Å². The predicted molar refractivity (Wildman–Crippen MR) is 68.0 cm³/mol. The Morgan fingerprint density at radius 2 is 2.06 bits per heavy atom. The van der Waals surface area contributed by atoms with Crippen LogP contribution in [-0.4, -0.2) is 21.8 Å². The second kappa shape index (κ2) is 5.29. The molecule has 0 N–H and O–H groups in total. The molecule has 0 heterocycles. The van der Waals surface area contributed by atoms with Gasteiger partial charge in [0.1, 0.15) is 5.75 Å². The van der Waals surface area contributed by atoms with Crippen molar-refractivity contribution in [3.63, 3.8) is 0 Å². The lowest BCUT2D eigenvalue weighted by Gasteiger charge is -2.11. The highest BCUT2D eigenvalue weighted by atomic mass is 35.7. The summed E-state index contributed by atoms with van der Waals surface area (Å²) in [4.78, 5) is 0.905. The lowest BCUT2D eigenvalue weighted by Crippen LogP contribution is -1.99. The Labute approximate surface area is 105 Å². The number of benzene rings is 1. The van der Waals surface area contributed by atoms with Gasteiger partial charge in [-0.05, 0) is 36.4 Å². The summed E-state index contributed by atoms with van der Waals surface area (Å²) < 4.78 is 27.3. The minimum atomic E-state index is -3.54. The molecule has 16 heavy (non-hydrogen) atoms. The molecule has 6 heteroatoms. The fourth-order valence-electron chi connectivity index (χ4n) is 1.41. The highest BCUT2D eigenvalue weighted by molar-refractivity contribution is 8.13. The molecular formula is C10H13ClO3S2. The standard InChI is InChI=1S/C10H13ClO3S2/c1-7-4-10(15-3)8(5-9(7)14-2)6-16(11,12)13/h4-5H,6H2,1-3H3. The van der Waals surface area contributed by atoms with Gasteiger partial charge in [-0.15, -0.1) is 11.8 Å². The Kier molecular flexibility index (Phi) is 4.52. The maximum absolute atomic E-state index is 11.1. The van der Waals surface area contributed by atoms with Gasteiger partial charge in [0, 0.05) is 15.6 Å². The fourth-order valence-corrected chi connectivity index (χ4v) is 3.15. The van der Waals surface area contributed by atoms with Crippen molar-refractivity contribution in [1.29, 1.82) is 0 Å². The molecule has 1 rings (SSSR count). The largest absolute Gasteiger partial charge is 0.496 e. The molecule has 0 unspecified atom stereocenters. The number of thioether (sulfide) groups is 1. The molecule has 0 spiro atoms. The van der Waals surface area contributed by atoms with E-state index in [0.29, 0.717) is 11.3 Å². The van der Waals surface area contributed by atoms with Gasteiger partial charge in [0.05, 0.1) is 12.9 Å². The van der Waals surface area contributed by atoms with Crippen LogP contribution in [0.15, 0.2) is 17.0 Å². The monoisotopic (exact) mass is 280 g/mol. The summed E-state index contributed by atoms with van der Waals surface area (Å²) >= 11 is 1.49. The highest BCUT2D eigenvalue weighted by Crippen LogP contribution is 2.30. The van der Waals surface area contributed by atoms with Crippen LogP contribution in [0.2, 0.25) is 0 Å². The van der Waals surface area contributed by atoms with Gasteiger partial charge in [-0.1, -0.05) is 0 Å². The van der Waals surface area contributed by atoms with E-state index in [4.69, 9.17) is 15.4 Å². The number of rotatable bonds is 4. The molecule has 1 aromatic rings. The fraction of sp³-hybridized carbons (Fsp3) is 0.400. The summed E-state index contributed by atoms with van der Waals surface area (Å²) in [5.41, 5.74) is 1.65. The van der Waals surface area contributed by atoms with Crippen LogP contribution < -0.4 is 4.74 Å². The second-order valence-electron chi connectivity index (χ2n) is 3.32. The first-order chi connectivity index (χ1) is 7.37. The molecule has 0 atom stereocenters. The zero-order chi connectivity index (χ0) is 12.3. The summed E-state index contributed by atoms with van der Waals surface area (Å²) in [6.45, 7) is 1.91. The lowest BCUT2D eigenvalue weighted by atomic mass is 10.1. The van der Waals surface area contributed by atoms with Crippen molar-refractivity contribution in [3.8, 4) is 5.75 Å². The first kappa shape index (κ1) is 13.7. The molecule has 0 aliphatic rings. The van der Waals surface area contributed by atoms with Crippen LogP contribution in [0.1, 0.15) is 11.1 Å². The minimum absolute atomic E-state index is 0.179. The van der Waals surface area contributed by atoms with Crippen LogP contribution in [0, 0.1) is 6.92 Å². The maximum atomic E-state index is 11.1. The quantitative estimate of drug-likeness (QED) is 0.628. The summed E-state index contributed by atoms with van der Waals surface area (Å²) in [5.74, 6) is 0.495. The van der Waals surface area contributed by atoms with Gasteiger partial charge in [-0.3, -0.25) is 0 Å². The molecule has 0 saturated carbocycles. The van der Waals surface area contributed by atoms with E-state index in [-0.39, 0.29) is 5.75 Å². The second-order valence-corrected chi connectivity index (χ2v) is 6.94. The van der Waals surface area contributed by atoms with Gasteiger partial charge in [0.15, 0.2) is 0 Å². The average molecular weight is 281 g/mol. The number of methoxy groups -OCH3 is 1. The van der Waals surface area contributed by atoms with Crippen molar-refractivity contribution >= 4 is 31.5 Å². The van der Waals surface area contributed by atoms with E-state index in [1.807, 2.05) is 19.2 Å². The summed E-state index contributed by atoms with van der Waals surface area (Å²) in [7, 11) is 3.27. The van der Waals surface area contributed by atoms with E-state index in [9.17, 15) is 8.42 Å². The third kappa shape index (κ3) is 3.57. The van der Waals surface area contributed by atoms with Crippen molar-refractivity contribution < 1.29 is 13.2 Å². The molecule has 3 nitrogen and oxygen atoms in total. The number of ether oxygens (including phenoxy) is 1. The van der Waals surface area contributed by atoms with Gasteiger partial charge in [0.2, 0.25) is 9.05 Å². The zero-order valence-corrected chi connectivity index (χ0v) is 11.7. The smallest absolute Gasteiger partial charge is 0.236 e. The molecule has 0 amide bonds. The molecule has 0 saturated heterocycles. The first-order valence-corrected chi connectivity index (χ1v) is 8.21. The Bertz CT molecular complexity index is 483. The number of hydrogen-bond donors (Lipinski definition) is 0. The summed E-state index contributed by atoms with van der Waals surface area (Å²) in [5, 5.41) is 0. The van der Waals surface area contributed by atoms with Gasteiger partial charge >= 0.3 is 0 Å². The van der Waals surface area contributed by atoms with E-state index in [2.05, 4.69) is 0 Å². The molecule has 0 aliphatic heterocycles. The maximum Gasteiger partial charge on any atom is 0.236 e. The molecule has 0 bridgehead atoms. The summed E-state index contributed by atoms with van der Waals surface area (Å²) in [6, 6.07) is 3.63. The van der Waals surface area contributed by atoms with Gasteiger partial charge < -0.3 is 4.74 Å². The van der Waals surface area contributed by atoms with Crippen LogP contribution in [0.5, 0.6) is 5.75 Å². The van der Waals surface area contributed by atoms with Crippen molar-refractivity contribution in [1.82, 2.24) is 0 Å². The normalized spacial score (nSPS) is 11.5. The lowest BCUT2D eigenvalue weighted by molar-refractivity contribution is 0.411. The van der Waals surface area contributed by atoms with Gasteiger partial charge in [-0.2, -0.15) is 0 Å². The Hall–Kier alpha value is -0.390. The van der Waals surface area contributed by atoms with Crippen LogP contribution in [0.4, 0.5) is 0 Å². The van der Waals surface area contributed by atoms with E-state index in [0.717, 1.165) is 10.5 Å². The number of halogens is 1. The minimum Gasteiger partial charge on any atom is -0.496 e. The molecule has 0 aromatic heterocycles. The van der Waals surface area contributed by atoms with Gasteiger partial charge in [0.25, 0.3) is 0 Å². The molecule has 0 fully saturated rings.